The van der Waals surface area contributed by atoms with Gasteiger partial charge in [0.25, 0.3) is 0 Å². The number of rotatable bonds is 5. The van der Waals surface area contributed by atoms with Crippen LogP contribution in [-0.4, -0.2) is 26.6 Å². The first kappa shape index (κ1) is 12.7. The maximum atomic E-state index is 9.29. The lowest BCUT2D eigenvalue weighted by Gasteiger charge is -2.05. The SMILES string of the molecule is OCCn1cc(CNc2ccc(O)c(Cl)c2)cn1. The molecule has 0 radical (unpaired) electrons. The number of nitrogens with zero attached hydrogens (tertiary/aromatic N) is 2. The van der Waals surface area contributed by atoms with Gasteiger partial charge in [-0.2, -0.15) is 5.10 Å². The predicted molar refractivity (Wildman–Crippen MR) is 69.8 cm³/mol. The number of aliphatic hydroxyl groups excluding tert-OH is 1. The molecule has 0 aliphatic heterocycles. The summed E-state index contributed by atoms with van der Waals surface area (Å²) >= 11 is 5.81. The average Bonchev–Trinajstić information content (AvgIpc) is 2.79. The monoisotopic (exact) mass is 267 g/mol. The molecule has 0 aliphatic carbocycles. The fourth-order valence-corrected chi connectivity index (χ4v) is 1.72. The molecule has 96 valence electrons. The number of halogens is 1. The van der Waals surface area contributed by atoms with Gasteiger partial charge in [0.1, 0.15) is 5.75 Å². The summed E-state index contributed by atoms with van der Waals surface area (Å²) in [5.41, 5.74) is 1.83. The molecular formula is C12H14ClN3O2. The van der Waals surface area contributed by atoms with E-state index >= 15 is 0 Å². The van der Waals surface area contributed by atoms with Crippen molar-refractivity contribution in [3.63, 3.8) is 0 Å². The van der Waals surface area contributed by atoms with Gasteiger partial charge in [-0.15, -0.1) is 0 Å². The predicted octanol–water partition coefficient (Wildman–Crippen LogP) is 1.85. The summed E-state index contributed by atoms with van der Waals surface area (Å²) < 4.78 is 1.68. The van der Waals surface area contributed by atoms with Gasteiger partial charge in [0, 0.05) is 24.0 Å². The molecule has 1 aromatic carbocycles. The summed E-state index contributed by atoms with van der Waals surface area (Å²) in [6.07, 6.45) is 3.61. The number of benzene rings is 1. The van der Waals surface area contributed by atoms with Crippen LogP contribution in [0.3, 0.4) is 0 Å². The molecule has 0 bridgehead atoms. The van der Waals surface area contributed by atoms with E-state index in [-0.39, 0.29) is 12.4 Å². The topological polar surface area (TPSA) is 70.3 Å². The molecule has 0 atom stereocenters. The van der Waals surface area contributed by atoms with Gasteiger partial charge in [-0.25, -0.2) is 0 Å². The van der Waals surface area contributed by atoms with Crippen LogP contribution in [0.4, 0.5) is 5.69 Å². The van der Waals surface area contributed by atoms with Gasteiger partial charge in [-0.1, -0.05) is 11.6 Å². The highest BCUT2D eigenvalue weighted by molar-refractivity contribution is 6.32. The third-order valence-electron chi connectivity index (χ3n) is 2.46. The van der Waals surface area contributed by atoms with Crippen LogP contribution in [-0.2, 0) is 13.1 Å². The Bertz CT molecular complexity index is 528. The number of aromatic nitrogens is 2. The second kappa shape index (κ2) is 5.75. The van der Waals surface area contributed by atoms with Crippen molar-refractivity contribution in [2.45, 2.75) is 13.1 Å². The first-order valence-corrected chi connectivity index (χ1v) is 5.91. The number of nitrogens with one attached hydrogen (secondary N) is 1. The third-order valence-corrected chi connectivity index (χ3v) is 2.76. The van der Waals surface area contributed by atoms with Crippen LogP contribution in [0.2, 0.25) is 5.02 Å². The first-order valence-electron chi connectivity index (χ1n) is 5.53. The van der Waals surface area contributed by atoms with E-state index in [0.717, 1.165) is 11.3 Å². The van der Waals surface area contributed by atoms with Crippen LogP contribution in [0.5, 0.6) is 5.75 Å². The smallest absolute Gasteiger partial charge is 0.134 e. The molecule has 0 fully saturated rings. The molecule has 0 amide bonds. The largest absolute Gasteiger partial charge is 0.506 e. The van der Waals surface area contributed by atoms with Gasteiger partial charge in [-0.05, 0) is 18.2 Å². The number of phenols is 1. The highest BCUT2D eigenvalue weighted by Gasteiger charge is 2.01. The second-order valence-electron chi connectivity index (χ2n) is 3.86. The summed E-state index contributed by atoms with van der Waals surface area (Å²) in [4.78, 5) is 0. The Balaban J connectivity index is 1.95. The van der Waals surface area contributed by atoms with E-state index in [1.54, 1.807) is 29.1 Å². The highest BCUT2D eigenvalue weighted by Crippen LogP contribution is 2.26. The van der Waals surface area contributed by atoms with E-state index in [9.17, 15) is 5.11 Å². The number of anilines is 1. The Hall–Kier alpha value is -1.72. The average molecular weight is 268 g/mol. The van der Waals surface area contributed by atoms with Gasteiger partial charge in [-0.3, -0.25) is 4.68 Å². The molecule has 6 heteroatoms. The van der Waals surface area contributed by atoms with Crippen molar-refractivity contribution in [2.75, 3.05) is 11.9 Å². The Morgan fingerprint density at radius 2 is 2.22 bits per heavy atom. The minimum atomic E-state index is 0.0676. The van der Waals surface area contributed by atoms with Crippen LogP contribution in [0, 0.1) is 0 Å². The highest BCUT2D eigenvalue weighted by atomic mass is 35.5. The number of aromatic hydroxyl groups is 1. The molecule has 1 heterocycles. The van der Waals surface area contributed by atoms with Crippen molar-refractivity contribution in [1.29, 1.82) is 0 Å². The number of phenolic OH excluding ortho intramolecular Hbond substituents is 1. The Morgan fingerprint density at radius 1 is 1.39 bits per heavy atom. The molecule has 0 saturated carbocycles. The Kier molecular flexibility index (Phi) is 4.07. The fourth-order valence-electron chi connectivity index (χ4n) is 1.54. The number of hydrogen-bond donors (Lipinski definition) is 3. The summed E-state index contributed by atoms with van der Waals surface area (Å²) in [6, 6.07) is 4.95. The van der Waals surface area contributed by atoms with Gasteiger partial charge < -0.3 is 15.5 Å². The molecule has 5 nitrogen and oxygen atoms in total. The quantitative estimate of drug-likeness (QED) is 0.723. The minimum Gasteiger partial charge on any atom is -0.506 e. The molecule has 0 spiro atoms. The molecule has 0 aliphatic rings. The van der Waals surface area contributed by atoms with E-state index < -0.39 is 0 Å². The van der Waals surface area contributed by atoms with E-state index in [1.807, 2.05) is 6.20 Å². The fraction of sp³-hybridized carbons (Fsp3) is 0.250. The van der Waals surface area contributed by atoms with E-state index in [1.165, 1.54) is 0 Å². The normalized spacial score (nSPS) is 10.6. The molecule has 2 aromatic rings. The van der Waals surface area contributed by atoms with Crippen molar-refractivity contribution in [1.82, 2.24) is 9.78 Å². The molecule has 0 unspecified atom stereocenters. The van der Waals surface area contributed by atoms with E-state index in [4.69, 9.17) is 16.7 Å². The number of hydrogen-bond acceptors (Lipinski definition) is 4. The Labute approximate surface area is 110 Å². The zero-order valence-corrected chi connectivity index (χ0v) is 10.4. The molecule has 2 rings (SSSR count). The summed E-state index contributed by atoms with van der Waals surface area (Å²) in [6.45, 7) is 1.17. The van der Waals surface area contributed by atoms with E-state index in [2.05, 4.69) is 10.4 Å². The van der Waals surface area contributed by atoms with Crippen LogP contribution in [0.25, 0.3) is 0 Å². The van der Waals surface area contributed by atoms with Gasteiger partial charge in [0.2, 0.25) is 0 Å². The van der Waals surface area contributed by atoms with Crippen LogP contribution in [0.1, 0.15) is 5.56 Å². The molecular weight excluding hydrogens is 254 g/mol. The Morgan fingerprint density at radius 3 is 2.94 bits per heavy atom. The zero-order chi connectivity index (χ0) is 13.0. The second-order valence-corrected chi connectivity index (χ2v) is 4.26. The summed E-state index contributed by atoms with van der Waals surface area (Å²) in [7, 11) is 0. The van der Waals surface area contributed by atoms with Gasteiger partial charge >= 0.3 is 0 Å². The molecule has 0 saturated heterocycles. The van der Waals surface area contributed by atoms with Crippen molar-refractivity contribution in [3.05, 3.63) is 41.2 Å². The molecule has 1 aromatic heterocycles. The maximum Gasteiger partial charge on any atom is 0.134 e. The molecule has 18 heavy (non-hydrogen) atoms. The van der Waals surface area contributed by atoms with E-state index in [0.29, 0.717) is 18.1 Å². The zero-order valence-electron chi connectivity index (χ0n) is 9.67. The van der Waals surface area contributed by atoms with Crippen LogP contribution >= 0.6 is 11.6 Å². The number of aliphatic hydroxyl groups is 1. The molecule has 3 N–H and O–H groups in total. The van der Waals surface area contributed by atoms with Crippen molar-refractivity contribution in [3.8, 4) is 5.75 Å². The van der Waals surface area contributed by atoms with Crippen molar-refractivity contribution >= 4 is 17.3 Å². The van der Waals surface area contributed by atoms with Gasteiger partial charge in [0.05, 0.1) is 24.4 Å². The standard InChI is InChI=1S/C12H14ClN3O2/c13-11-5-10(1-2-12(11)18)14-6-9-7-15-16(8-9)3-4-17/h1-2,5,7-8,14,17-18H,3-4,6H2. The van der Waals surface area contributed by atoms with Gasteiger partial charge in [0.15, 0.2) is 0 Å². The third kappa shape index (κ3) is 3.15. The van der Waals surface area contributed by atoms with Crippen molar-refractivity contribution < 1.29 is 10.2 Å². The lowest BCUT2D eigenvalue weighted by atomic mass is 10.3. The lowest BCUT2D eigenvalue weighted by Crippen LogP contribution is -2.02. The minimum absolute atomic E-state index is 0.0676. The first-order chi connectivity index (χ1) is 8.69. The van der Waals surface area contributed by atoms with Crippen LogP contribution < -0.4 is 5.32 Å². The lowest BCUT2D eigenvalue weighted by molar-refractivity contribution is 0.269. The van der Waals surface area contributed by atoms with Crippen LogP contribution in [0.15, 0.2) is 30.6 Å². The van der Waals surface area contributed by atoms with Crippen molar-refractivity contribution in [2.24, 2.45) is 0 Å². The summed E-state index contributed by atoms with van der Waals surface area (Å²) in [5, 5.41) is 25.7. The summed E-state index contributed by atoms with van der Waals surface area (Å²) in [5.74, 6) is 0.0676. The maximum absolute atomic E-state index is 9.29.